The van der Waals surface area contributed by atoms with Crippen molar-refractivity contribution in [3.05, 3.63) is 24.3 Å². The highest BCUT2D eigenvalue weighted by molar-refractivity contribution is 7.89. The summed E-state index contributed by atoms with van der Waals surface area (Å²) in [6, 6.07) is 7.36. The van der Waals surface area contributed by atoms with Crippen molar-refractivity contribution in [1.82, 2.24) is 4.31 Å². The van der Waals surface area contributed by atoms with E-state index in [2.05, 4.69) is 4.90 Å². The van der Waals surface area contributed by atoms with Crippen LogP contribution in [-0.4, -0.2) is 45.9 Å². The number of benzene rings is 1. The smallest absolute Gasteiger partial charge is 0.244 e. The molecule has 1 aromatic rings. The Balaban J connectivity index is 2.37. The van der Waals surface area contributed by atoms with E-state index >= 15 is 0 Å². The lowest BCUT2D eigenvalue weighted by Crippen LogP contribution is -2.43. The summed E-state index contributed by atoms with van der Waals surface area (Å²) >= 11 is 0. The molecule has 0 bridgehead atoms. The molecule has 1 fully saturated rings. The highest BCUT2D eigenvalue weighted by atomic mass is 32.2. The van der Waals surface area contributed by atoms with E-state index in [1.807, 2.05) is 19.1 Å². The molecule has 1 aliphatic rings. The molecular weight excluding hydrogens is 286 g/mol. The van der Waals surface area contributed by atoms with Crippen LogP contribution in [0.25, 0.3) is 0 Å². The second kappa shape index (κ2) is 6.34. The first-order valence-electron chi connectivity index (χ1n) is 7.36. The minimum absolute atomic E-state index is 0.130. The SMILES string of the molecule is CC(N)C1CCCN(c2ccccc2S(=O)(=O)N(C)C)C1. The van der Waals surface area contributed by atoms with Crippen LogP contribution in [0.15, 0.2) is 29.2 Å². The maximum absolute atomic E-state index is 12.5. The monoisotopic (exact) mass is 311 g/mol. The van der Waals surface area contributed by atoms with Crippen LogP contribution < -0.4 is 10.6 Å². The number of piperidine rings is 1. The molecule has 1 aliphatic heterocycles. The van der Waals surface area contributed by atoms with Gasteiger partial charge < -0.3 is 10.6 Å². The third-order valence-electron chi connectivity index (χ3n) is 4.17. The summed E-state index contributed by atoms with van der Waals surface area (Å²) < 4.78 is 26.2. The van der Waals surface area contributed by atoms with Crippen LogP contribution in [0.2, 0.25) is 0 Å². The van der Waals surface area contributed by atoms with Gasteiger partial charge in [-0.15, -0.1) is 0 Å². The molecule has 0 radical (unpaired) electrons. The van der Waals surface area contributed by atoms with E-state index < -0.39 is 10.0 Å². The largest absolute Gasteiger partial charge is 0.370 e. The second-order valence-electron chi connectivity index (χ2n) is 5.96. The van der Waals surface area contributed by atoms with E-state index in [9.17, 15) is 8.42 Å². The number of anilines is 1. The quantitative estimate of drug-likeness (QED) is 0.915. The fourth-order valence-corrected chi connectivity index (χ4v) is 3.90. The summed E-state index contributed by atoms with van der Waals surface area (Å²) in [6.45, 7) is 3.72. The number of hydrogen-bond acceptors (Lipinski definition) is 4. The fraction of sp³-hybridized carbons (Fsp3) is 0.600. The molecule has 118 valence electrons. The zero-order valence-corrected chi connectivity index (χ0v) is 13.8. The van der Waals surface area contributed by atoms with Crippen molar-refractivity contribution in [1.29, 1.82) is 0 Å². The van der Waals surface area contributed by atoms with E-state index in [4.69, 9.17) is 5.73 Å². The molecule has 1 saturated heterocycles. The van der Waals surface area contributed by atoms with Crippen LogP contribution in [0, 0.1) is 5.92 Å². The maximum atomic E-state index is 12.5. The van der Waals surface area contributed by atoms with Crippen molar-refractivity contribution in [3.63, 3.8) is 0 Å². The van der Waals surface area contributed by atoms with E-state index in [1.165, 1.54) is 4.31 Å². The third-order valence-corrected chi connectivity index (χ3v) is 6.03. The molecule has 2 atom stereocenters. The predicted molar refractivity (Wildman–Crippen MR) is 85.9 cm³/mol. The van der Waals surface area contributed by atoms with Gasteiger partial charge in [0.1, 0.15) is 4.90 Å². The van der Waals surface area contributed by atoms with Gasteiger partial charge in [0, 0.05) is 33.2 Å². The van der Waals surface area contributed by atoms with Crippen LogP contribution in [0.1, 0.15) is 19.8 Å². The number of nitrogens with two attached hydrogens (primary N) is 1. The third kappa shape index (κ3) is 3.39. The van der Waals surface area contributed by atoms with E-state index in [0.717, 1.165) is 31.6 Å². The van der Waals surface area contributed by atoms with Crippen molar-refractivity contribution in [2.75, 3.05) is 32.1 Å². The first kappa shape index (κ1) is 16.3. The number of sulfonamides is 1. The molecule has 0 saturated carbocycles. The number of para-hydroxylation sites is 1. The highest BCUT2D eigenvalue weighted by Crippen LogP contribution is 2.31. The molecule has 6 heteroatoms. The van der Waals surface area contributed by atoms with Gasteiger partial charge in [-0.3, -0.25) is 0 Å². The Kier molecular flexibility index (Phi) is 4.91. The van der Waals surface area contributed by atoms with Crippen LogP contribution in [0.4, 0.5) is 5.69 Å². The van der Waals surface area contributed by atoms with Crippen molar-refractivity contribution in [3.8, 4) is 0 Å². The first-order valence-corrected chi connectivity index (χ1v) is 8.80. The Bertz CT molecular complexity index is 584. The molecule has 0 spiro atoms. The Labute approximate surface area is 127 Å². The summed E-state index contributed by atoms with van der Waals surface area (Å²) in [5.41, 5.74) is 6.81. The van der Waals surface area contributed by atoms with Gasteiger partial charge in [-0.05, 0) is 37.8 Å². The summed E-state index contributed by atoms with van der Waals surface area (Å²) in [4.78, 5) is 2.54. The zero-order valence-electron chi connectivity index (χ0n) is 13.0. The van der Waals surface area contributed by atoms with Gasteiger partial charge in [-0.2, -0.15) is 0 Å². The van der Waals surface area contributed by atoms with Gasteiger partial charge in [0.05, 0.1) is 5.69 Å². The molecule has 21 heavy (non-hydrogen) atoms. The molecule has 2 rings (SSSR count). The average Bonchev–Trinajstić information content (AvgIpc) is 2.47. The summed E-state index contributed by atoms with van der Waals surface area (Å²) in [6.07, 6.45) is 2.15. The minimum Gasteiger partial charge on any atom is -0.370 e. The molecule has 0 aromatic heterocycles. The zero-order chi connectivity index (χ0) is 15.6. The predicted octanol–water partition coefficient (Wildman–Crippen LogP) is 1.50. The van der Waals surface area contributed by atoms with Gasteiger partial charge in [0.15, 0.2) is 0 Å². The van der Waals surface area contributed by atoms with Crippen molar-refractivity contribution >= 4 is 15.7 Å². The standard InChI is InChI=1S/C15H25N3O2S/c1-12(16)13-7-6-10-18(11-13)14-8-4-5-9-15(14)21(19,20)17(2)3/h4-5,8-9,12-13H,6-7,10-11,16H2,1-3H3. The van der Waals surface area contributed by atoms with E-state index in [1.54, 1.807) is 26.2 Å². The summed E-state index contributed by atoms with van der Waals surface area (Å²) in [5, 5.41) is 0. The Morgan fingerprint density at radius 2 is 2.00 bits per heavy atom. The van der Waals surface area contributed by atoms with E-state index in [-0.39, 0.29) is 6.04 Å². The van der Waals surface area contributed by atoms with E-state index in [0.29, 0.717) is 10.8 Å². The molecule has 1 aromatic carbocycles. The molecule has 1 heterocycles. The summed E-state index contributed by atoms with van der Waals surface area (Å²) in [7, 11) is -0.309. The number of rotatable bonds is 4. The lowest BCUT2D eigenvalue weighted by Gasteiger charge is -2.37. The molecular formula is C15H25N3O2S. The van der Waals surface area contributed by atoms with Crippen LogP contribution in [-0.2, 0) is 10.0 Å². The lowest BCUT2D eigenvalue weighted by molar-refractivity contribution is 0.363. The van der Waals surface area contributed by atoms with Gasteiger partial charge in [0.2, 0.25) is 10.0 Å². The summed E-state index contributed by atoms with van der Waals surface area (Å²) in [5.74, 6) is 0.411. The van der Waals surface area contributed by atoms with Crippen molar-refractivity contribution < 1.29 is 8.42 Å². The molecule has 0 amide bonds. The van der Waals surface area contributed by atoms with Crippen LogP contribution in [0.3, 0.4) is 0 Å². The van der Waals surface area contributed by atoms with Crippen LogP contribution >= 0.6 is 0 Å². The van der Waals surface area contributed by atoms with Gasteiger partial charge in [-0.25, -0.2) is 12.7 Å². The van der Waals surface area contributed by atoms with Gasteiger partial charge >= 0.3 is 0 Å². The lowest BCUT2D eigenvalue weighted by atomic mass is 9.92. The molecule has 0 aliphatic carbocycles. The minimum atomic E-state index is -3.43. The molecule has 2 unspecified atom stereocenters. The number of nitrogens with zero attached hydrogens (tertiary/aromatic N) is 2. The average molecular weight is 311 g/mol. The Morgan fingerprint density at radius 3 is 2.62 bits per heavy atom. The normalized spacial score (nSPS) is 21.6. The second-order valence-corrected chi connectivity index (χ2v) is 8.08. The number of hydrogen-bond donors (Lipinski definition) is 1. The van der Waals surface area contributed by atoms with Crippen molar-refractivity contribution in [2.24, 2.45) is 11.7 Å². The van der Waals surface area contributed by atoms with Gasteiger partial charge in [-0.1, -0.05) is 12.1 Å². The Hall–Kier alpha value is -1.11. The Morgan fingerprint density at radius 1 is 1.33 bits per heavy atom. The maximum Gasteiger partial charge on any atom is 0.244 e. The highest BCUT2D eigenvalue weighted by Gasteiger charge is 2.28. The van der Waals surface area contributed by atoms with Crippen molar-refractivity contribution in [2.45, 2.75) is 30.7 Å². The topological polar surface area (TPSA) is 66.6 Å². The fourth-order valence-electron chi connectivity index (χ4n) is 2.79. The molecule has 2 N–H and O–H groups in total. The van der Waals surface area contributed by atoms with Gasteiger partial charge in [0.25, 0.3) is 0 Å². The van der Waals surface area contributed by atoms with Crippen LogP contribution in [0.5, 0.6) is 0 Å². The molecule has 5 nitrogen and oxygen atoms in total. The first-order chi connectivity index (χ1) is 9.84.